The molecule has 1 heterocycles. The molecule has 12 heteroatoms. The summed E-state index contributed by atoms with van der Waals surface area (Å²) in [5, 5.41) is 28.9. The molecule has 5 rings (SSSR count). The summed E-state index contributed by atoms with van der Waals surface area (Å²) in [6.45, 7) is 5.22. The van der Waals surface area contributed by atoms with Crippen molar-refractivity contribution in [2.75, 3.05) is 27.2 Å². The number of aromatic amines is 1. The number of hydrogen-bond acceptors (Lipinski definition) is 9. The van der Waals surface area contributed by atoms with Gasteiger partial charge in [-0.2, -0.15) is 5.16 Å². The molecule has 2 aromatic rings. The molecule has 0 saturated heterocycles. The van der Waals surface area contributed by atoms with Gasteiger partial charge in [0.1, 0.15) is 22.9 Å². The van der Waals surface area contributed by atoms with Crippen LogP contribution in [0.3, 0.4) is 0 Å². The Morgan fingerprint density at radius 3 is 2.59 bits per heavy atom. The monoisotopic (exact) mass is 635 g/mol. The Bertz CT molecular complexity index is 1500. The lowest BCUT2D eigenvalue weighted by molar-refractivity contribution is -0.142. The Balaban J connectivity index is 1.69. The van der Waals surface area contributed by atoms with Crippen LogP contribution >= 0.6 is 15.9 Å². The first-order chi connectivity index (χ1) is 19.5. The molecule has 0 aliphatic heterocycles. The summed E-state index contributed by atoms with van der Waals surface area (Å²) in [5.74, 6) is -4.53. The van der Waals surface area contributed by atoms with Crippen LogP contribution in [0.4, 0.5) is 4.39 Å². The Kier molecular flexibility index (Phi) is 8.05. The van der Waals surface area contributed by atoms with Gasteiger partial charge in [0.05, 0.1) is 22.7 Å². The van der Waals surface area contributed by atoms with Gasteiger partial charge in [0.25, 0.3) is 5.56 Å². The fraction of sp³-hybridized carbons (Fsp3) is 0.552. The van der Waals surface area contributed by atoms with Gasteiger partial charge in [-0.15, -0.1) is 0 Å². The largest absolute Gasteiger partial charge is 0.507 e. The lowest BCUT2D eigenvalue weighted by Gasteiger charge is -2.49. The molecule has 3 aliphatic carbocycles. The van der Waals surface area contributed by atoms with Gasteiger partial charge in [0.2, 0.25) is 11.6 Å². The molecule has 0 amide bonds. The van der Waals surface area contributed by atoms with E-state index in [-0.39, 0.29) is 47.6 Å². The molecule has 0 radical (unpaired) electrons. The van der Waals surface area contributed by atoms with Gasteiger partial charge in [-0.05, 0) is 68.2 Å². The third-order valence-electron chi connectivity index (χ3n) is 8.52. The summed E-state index contributed by atoms with van der Waals surface area (Å²) in [6, 6.07) is -0.794. The van der Waals surface area contributed by atoms with Crippen LogP contribution in [0.15, 0.2) is 19.4 Å². The Morgan fingerprint density at radius 1 is 1.20 bits per heavy atom. The molecule has 222 valence electrons. The molecule has 0 unspecified atom stereocenters. The zero-order chi connectivity index (χ0) is 29.8. The number of Topliss-reactive ketones (excluding diaryl/α,β-unsaturated/α-hetero) is 2. The van der Waals surface area contributed by atoms with Crippen molar-refractivity contribution in [2.45, 2.75) is 64.1 Å². The second kappa shape index (κ2) is 11.1. The molecule has 1 aromatic carbocycles. The fourth-order valence-corrected chi connectivity index (χ4v) is 7.20. The number of ether oxygens (including phenoxy) is 1. The third kappa shape index (κ3) is 4.41. The van der Waals surface area contributed by atoms with Crippen LogP contribution in [0.5, 0.6) is 5.75 Å². The number of benzene rings is 1. The van der Waals surface area contributed by atoms with Crippen LogP contribution in [-0.4, -0.2) is 64.7 Å². The van der Waals surface area contributed by atoms with E-state index in [4.69, 9.17) is 9.26 Å². The minimum atomic E-state index is -2.61. The molecule has 4 N–H and O–H groups in total. The fourth-order valence-electron chi connectivity index (χ4n) is 6.57. The molecule has 3 aliphatic rings. The van der Waals surface area contributed by atoms with E-state index in [0.717, 1.165) is 12.8 Å². The van der Waals surface area contributed by atoms with Crippen molar-refractivity contribution >= 4 is 33.3 Å². The molecule has 1 saturated carbocycles. The number of aromatic nitrogens is 1. The van der Waals surface area contributed by atoms with Crippen molar-refractivity contribution < 1.29 is 33.5 Å². The number of rotatable bonds is 9. The lowest BCUT2D eigenvalue weighted by atomic mass is 9.57. The Labute approximate surface area is 245 Å². The highest BCUT2D eigenvalue weighted by Gasteiger charge is 2.65. The standard InChI is InChI=1S/C29H35BrFN3O7/c1-5-7-9-40-24-18-14(21(31)15(20(24)30)12-32-8-6-2)10-13-11-16-22(34(3)4)25-19(28(38)33-41-25)27(37)29(16,39)26(36)17(13)23(18)35/h13,16,22,32,35,39H,5-12H2,1-4H3,(H,33,38)/t13-,16-,22-,29-/m0/s1. The number of fused-ring (bicyclic) bond motifs is 4. The van der Waals surface area contributed by atoms with Crippen LogP contribution in [0.1, 0.15) is 78.4 Å². The number of ketones is 2. The summed E-state index contributed by atoms with van der Waals surface area (Å²) in [7, 11) is 3.38. The van der Waals surface area contributed by atoms with Gasteiger partial charge in [0.15, 0.2) is 11.4 Å². The maximum Gasteiger partial charge on any atom is 0.291 e. The number of hydrogen-bond donors (Lipinski definition) is 4. The van der Waals surface area contributed by atoms with Gasteiger partial charge >= 0.3 is 0 Å². The second-order valence-electron chi connectivity index (χ2n) is 11.3. The minimum Gasteiger partial charge on any atom is -0.507 e. The molecule has 0 bridgehead atoms. The maximum absolute atomic E-state index is 16.2. The number of aliphatic hydroxyl groups excluding tert-OH is 1. The van der Waals surface area contributed by atoms with E-state index in [1.165, 1.54) is 0 Å². The number of aliphatic hydroxyl groups is 2. The van der Waals surface area contributed by atoms with Crippen LogP contribution in [0, 0.1) is 17.7 Å². The van der Waals surface area contributed by atoms with Crippen molar-refractivity contribution in [3.63, 3.8) is 0 Å². The number of carbonyl (C=O) groups excluding carboxylic acids is 2. The highest BCUT2D eigenvalue weighted by atomic mass is 79.9. The van der Waals surface area contributed by atoms with E-state index in [0.29, 0.717) is 29.6 Å². The summed E-state index contributed by atoms with van der Waals surface area (Å²) in [6.07, 6.45) is 2.53. The average Bonchev–Trinajstić information content (AvgIpc) is 3.31. The van der Waals surface area contributed by atoms with Crippen LogP contribution in [-0.2, 0) is 17.8 Å². The Morgan fingerprint density at radius 2 is 1.93 bits per heavy atom. The predicted molar refractivity (Wildman–Crippen MR) is 151 cm³/mol. The summed E-state index contributed by atoms with van der Waals surface area (Å²) < 4.78 is 28.0. The molecule has 4 atom stereocenters. The maximum atomic E-state index is 16.2. The molecular formula is C29H35BrFN3O7. The van der Waals surface area contributed by atoms with Crippen molar-refractivity contribution in [3.05, 3.63) is 54.2 Å². The molecule has 1 aromatic heterocycles. The summed E-state index contributed by atoms with van der Waals surface area (Å²) >= 11 is 3.49. The lowest BCUT2D eigenvalue weighted by Crippen LogP contribution is -2.63. The van der Waals surface area contributed by atoms with Gasteiger partial charge < -0.3 is 24.8 Å². The van der Waals surface area contributed by atoms with E-state index in [9.17, 15) is 24.6 Å². The van der Waals surface area contributed by atoms with Crippen LogP contribution in [0.25, 0.3) is 5.76 Å². The van der Waals surface area contributed by atoms with E-state index in [1.807, 2.05) is 13.8 Å². The van der Waals surface area contributed by atoms with Crippen molar-refractivity contribution in [1.82, 2.24) is 15.4 Å². The zero-order valence-corrected chi connectivity index (χ0v) is 25.1. The van der Waals surface area contributed by atoms with E-state index < -0.39 is 57.7 Å². The quantitative estimate of drug-likeness (QED) is 0.239. The first-order valence-electron chi connectivity index (χ1n) is 14.0. The van der Waals surface area contributed by atoms with Crippen LogP contribution < -0.4 is 15.6 Å². The zero-order valence-electron chi connectivity index (χ0n) is 23.5. The number of unbranched alkanes of at least 4 members (excludes halogenated alkanes) is 1. The number of halogens is 2. The van der Waals surface area contributed by atoms with Gasteiger partial charge in [-0.3, -0.25) is 19.3 Å². The van der Waals surface area contributed by atoms with Gasteiger partial charge in [0, 0.05) is 29.2 Å². The first-order valence-corrected chi connectivity index (χ1v) is 14.8. The molecular weight excluding hydrogens is 601 g/mol. The average molecular weight is 637 g/mol. The van der Waals surface area contributed by atoms with Gasteiger partial charge in [-0.1, -0.05) is 20.3 Å². The van der Waals surface area contributed by atoms with Gasteiger partial charge in [-0.25, -0.2) is 4.39 Å². The third-order valence-corrected chi connectivity index (χ3v) is 9.36. The highest BCUT2D eigenvalue weighted by molar-refractivity contribution is 9.10. The highest BCUT2D eigenvalue weighted by Crippen LogP contribution is 2.55. The number of nitrogens with one attached hydrogen (secondary N) is 2. The number of nitrogens with zero attached hydrogens (tertiary/aromatic N) is 1. The predicted octanol–water partition coefficient (Wildman–Crippen LogP) is 3.81. The first kappa shape index (κ1) is 29.7. The SMILES string of the molecule is CCCCOc1c(Br)c(CNCCC)c(F)c2c1C(O)=C1C(=O)[C@]3(O)C(=O)c4c(o[nH]c4=O)[C@@H](N(C)C)[C@@H]3C[C@@H]1C2. The van der Waals surface area contributed by atoms with Crippen LogP contribution in [0.2, 0.25) is 0 Å². The van der Waals surface area contributed by atoms with Crippen molar-refractivity contribution in [2.24, 2.45) is 11.8 Å². The van der Waals surface area contributed by atoms with E-state index in [2.05, 4.69) is 26.4 Å². The van der Waals surface area contributed by atoms with E-state index >= 15 is 4.39 Å². The van der Waals surface area contributed by atoms with Crippen molar-refractivity contribution in [1.29, 1.82) is 0 Å². The number of H-pyrrole nitrogens is 1. The normalized spacial score (nSPS) is 25.2. The second-order valence-corrected chi connectivity index (χ2v) is 12.1. The summed E-state index contributed by atoms with van der Waals surface area (Å²) in [5.41, 5.74) is -3.40. The molecule has 1 fully saturated rings. The number of carbonyl (C=O) groups is 2. The van der Waals surface area contributed by atoms with E-state index in [1.54, 1.807) is 19.0 Å². The minimum absolute atomic E-state index is 0.0423. The summed E-state index contributed by atoms with van der Waals surface area (Å²) in [4.78, 5) is 41.9. The Hall–Kier alpha value is -2.80. The van der Waals surface area contributed by atoms with Crippen molar-refractivity contribution in [3.8, 4) is 5.75 Å². The topological polar surface area (TPSA) is 145 Å². The smallest absolute Gasteiger partial charge is 0.291 e. The molecule has 41 heavy (non-hydrogen) atoms. The molecule has 0 spiro atoms. The molecule has 10 nitrogen and oxygen atoms in total.